The third kappa shape index (κ3) is 2.60. The van der Waals surface area contributed by atoms with Gasteiger partial charge in [-0.25, -0.2) is 0 Å². The topological polar surface area (TPSA) is 20.2 Å². The van der Waals surface area contributed by atoms with E-state index >= 15 is 0 Å². The van der Waals surface area contributed by atoms with Crippen molar-refractivity contribution in [3.8, 4) is 0 Å². The van der Waals surface area contributed by atoms with E-state index in [9.17, 15) is 5.11 Å². The molecule has 98 valence electrons. The summed E-state index contributed by atoms with van der Waals surface area (Å²) in [6.07, 6.45) is 3.35. The van der Waals surface area contributed by atoms with Crippen molar-refractivity contribution in [3.63, 3.8) is 0 Å². The zero-order valence-corrected chi connectivity index (χ0v) is 12.3. The Morgan fingerprint density at radius 2 is 1.84 bits per heavy atom. The number of rotatable bonds is 3. The van der Waals surface area contributed by atoms with Gasteiger partial charge in [-0.1, -0.05) is 64.8 Å². The fourth-order valence-corrected chi connectivity index (χ4v) is 3.10. The maximum Gasteiger partial charge on any atom is 0.105 e. The van der Waals surface area contributed by atoms with Crippen molar-refractivity contribution in [2.75, 3.05) is 0 Å². The molecule has 2 heteroatoms. The Morgan fingerprint density at radius 3 is 2.53 bits per heavy atom. The van der Waals surface area contributed by atoms with Crippen LogP contribution in [-0.2, 0) is 0 Å². The van der Waals surface area contributed by atoms with E-state index in [-0.39, 0.29) is 0 Å². The van der Waals surface area contributed by atoms with E-state index in [2.05, 4.69) is 34.1 Å². The fourth-order valence-electron chi connectivity index (χ4n) is 2.60. The van der Waals surface area contributed by atoms with Crippen LogP contribution in [0.2, 0.25) is 0 Å². The molecule has 0 bridgehead atoms. The van der Waals surface area contributed by atoms with E-state index in [0.29, 0.717) is 5.92 Å². The molecule has 19 heavy (non-hydrogen) atoms. The summed E-state index contributed by atoms with van der Waals surface area (Å²) >= 11 is 3.51. The Balaban J connectivity index is 1.91. The second-order valence-electron chi connectivity index (χ2n) is 5.22. The molecule has 0 aromatic heterocycles. The average Bonchev–Trinajstić information content (AvgIpc) is 2.37. The minimum Gasteiger partial charge on any atom is -0.384 e. The van der Waals surface area contributed by atoms with Gasteiger partial charge in [0.05, 0.1) is 0 Å². The van der Waals surface area contributed by atoms with Gasteiger partial charge in [-0.2, -0.15) is 0 Å². The van der Waals surface area contributed by atoms with Gasteiger partial charge < -0.3 is 5.11 Å². The van der Waals surface area contributed by atoms with Gasteiger partial charge in [0, 0.05) is 4.47 Å². The molecule has 0 heterocycles. The minimum atomic E-state index is -0.560. The van der Waals surface area contributed by atoms with Crippen molar-refractivity contribution in [1.29, 1.82) is 0 Å². The number of aliphatic hydroxyl groups excluding tert-OH is 1. The molecule has 1 unspecified atom stereocenters. The number of aliphatic hydroxyl groups is 1. The lowest BCUT2D eigenvalue weighted by molar-refractivity contribution is 0.219. The van der Waals surface area contributed by atoms with Crippen LogP contribution in [0.25, 0.3) is 0 Å². The first-order valence-electron chi connectivity index (χ1n) is 6.78. The third-order valence-electron chi connectivity index (χ3n) is 4.00. The van der Waals surface area contributed by atoms with E-state index in [1.807, 2.05) is 30.3 Å². The van der Waals surface area contributed by atoms with Gasteiger partial charge >= 0.3 is 0 Å². The quantitative estimate of drug-likeness (QED) is 0.862. The summed E-state index contributed by atoms with van der Waals surface area (Å²) in [5.41, 5.74) is 3.28. The van der Waals surface area contributed by atoms with Crippen LogP contribution >= 0.6 is 15.9 Å². The molecule has 0 radical (unpaired) electrons. The summed E-state index contributed by atoms with van der Waals surface area (Å²) in [4.78, 5) is 0. The van der Waals surface area contributed by atoms with Crippen LogP contribution in [0, 0.1) is 0 Å². The summed E-state index contributed by atoms with van der Waals surface area (Å²) in [5.74, 6) is 0.700. The predicted octanol–water partition coefficient (Wildman–Crippen LogP) is 4.80. The van der Waals surface area contributed by atoms with Crippen LogP contribution in [0.5, 0.6) is 0 Å². The van der Waals surface area contributed by atoms with Crippen molar-refractivity contribution in [2.45, 2.75) is 31.3 Å². The monoisotopic (exact) mass is 316 g/mol. The summed E-state index contributed by atoms with van der Waals surface area (Å²) in [6.45, 7) is 0. The van der Waals surface area contributed by atoms with Gasteiger partial charge in [-0.15, -0.1) is 0 Å². The highest BCUT2D eigenvalue weighted by Crippen LogP contribution is 2.38. The molecule has 0 amide bonds. The Hall–Kier alpha value is -1.12. The molecule has 1 aliphatic carbocycles. The van der Waals surface area contributed by atoms with Crippen molar-refractivity contribution < 1.29 is 5.11 Å². The molecule has 0 spiro atoms. The molecule has 0 saturated heterocycles. The molecule has 2 aromatic carbocycles. The van der Waals surface area contributed by atoms with Crippen molar-refractivity contribution in [2.24, 2.45) is 0 Å². The number of benzene rings is 2. The summed E-state index contributed by atoms with van der Waals surface area (Å²) in [5, 5.41) is 10.5. The van der Waals surface area contributed by atoms with Crippen LogP contribution in [0.1, 0.15) is 48.0 Å². The van der Waals surface area contributed by atoms with Gasteiger partial charge in [0.1, 0.15) is 6.10 Å². The fraction of sp³-hybridized carbons (Fsp3) is 0.294. The van der Waals surface area contributed by atoms with E-state index in [1.165, 1.54) is 24.8 Å². The van der Waals surface area contributed by atoms with Crippen molar-refractivity contribution >= 4 is 15.9 Å². The maximum absolute atomic E-state index is 10.5. The molecular formula is C17H17BrO. The molecule has 1 fully saturated rings. The summed E-state index contributed by atoms with van der Waals surface area (Å²) in [7, 11) is 0. The zero-order chi connectivity index (χ0) is 13.2. The predicted molar refractivity (Wildman–Crippen MR) is 81.2 cm³/mol. The lowest BCUT2D eigenvalue weighted by Gasteiger charge is -2.26. The Labute approximate surface area is 122 Å². The molecule has 1 atom stereocenters. The standard InChI is InChI=1S/C17H17BrO/c18-16-10-2-1-9-15(16)17(19)14-8-4-7-13(11-14)12-5-3-6-12/h1-2,4,7-12,17,19H,3,5-6H2. The van der Waals surface area contributed by atoms with Gasteiger partial charge in [-0.3, -0.25) is 0 Å². The van der Waals surface area contributed by atoms with Crippen LogP contribution in [0.4, 0.5) is 0 Å². The molecule has 0 aliphatic heterocycles. The Kier molecular flexibility index (Phi) is 3.72. The maximum atomic E-state index is 10.5. The molecular weight excluding hydrogens is 300 g/mol. The molecule has 2 aromatic rings. The van der Waals surface area contributed by atoms with Gasteiger partial charge in [0.15, 0.2) is 0 Å². The van der Waals surface area contributed by atoms with Crippen LogP contribution < -0.4 is 0 Å². The second kappa shape index (κ2) is 5.48. The lowest BCUT2D eigenvalue weighted by atomic mass is 9.79. The molecule has 1 nitrogen and oxygen atoms in total. The summed E-state index contributed by atoms with van der Waals surface area (Å²) < 4.78 is 0.955. The lowest BCUT2D eigenvalue weighted by Crippen LogP contribution is -2.09. The second-order valence-corrected chi connectivity index (χ2v) is 6.08. The smallest absolute Gasteiger partial charge is 0.105 e. The summed E-state index contributed by atoms with van der Waals surface area (Å²) in [6, 6.07) is 16.3. The van der Waals surface area contributed by atoms with Crippen LogP contribution in [-0.4, -0.2) is 5.11 Å². The van der Waals surface area contributed by atoms with E-state index < -0.39 is 6.10 Å². The zero-order valence-electron chi connectivity index (χ0n) is 10.7. The largest absolute Gasteiger partial charge is 0.384 e. The molecule has 1 aliphatic rings. The molecule has 1 saturated carbocycles. The highest BCUT2D eigenvalue weighted by Gasteiger charge is 2.21. The third-order valence-corrected chi connectivity index (χ3v) is 4.72. The number of hydrogen-bond acceptors (Lipinski definition) is 1. The van der Waals surface area contributed by atoms with Crippen LogP contribution in [0.3, 0.4) is 0 Å². The Morgan fingerprint density at radius 1 is 1.05 bits per heavy atom. The minimum absolute atomic E-state index is 0.560. The van der Waals surface area contributed by atoms with Gasteiger partial charge in [-0.05, 0) is 41.5 Å². The Bertz CT molecular complexity index is 575. The molecule has 1 N–H and O–H groups in total. The van der Waals surface area contributed by atoms with Gasteiger partial charge in [0.2, 0.25) is 0 Å². The van der Waals surface area contributed by atoms with Crippen molar-refractivity contribution in [3.05, 3.63) is 69.7 Å². The average molecular weight is 317 g/mol. The highest BCUT2D eigenvalue weighted by atomic mass is 79.9. The normalized spacial score (nSPS) is 16.9. The first kappa shape index (κ1) is 12.9. The number of halogens is 1. The SMILES string of the molecule is OC(c1cccc(C2CCC2)c1)c1ccccc1Br. The van der Waals surface area contributed by atoms with Gasteiger partial charge in [0.25, 0.3) is 0 Å². The first-order chi connectivity index (χ1) is 9.25. The van der Waals surface area contributed by atoms with E-state index in [1.54, 1.807) is 0 Å². The highest BCUT2D eigenvalue weighted by molar-refractivity contribution is 9.10. The van der Waals surface area contributed by atoms with Crippen LogP contribution in [0.15, 0.2) is 53.0 Å². The van der Waals surface area contributed by atoms with E-state index in [4.69, 9.17) is 0 Å². The molecule has 3 rings (SSSR count). The van der Waals surface area contributed by atoms with Crippen molar-refractivity contribution in [1.82, 2.24) is 0 Å². The number of hydrogen-bond donors (Lipinski definition) is 1. The van der Waals surface area contributed by atoms with E-state index in [0.717, 1.165) is 15.6 Å². The first-order valence-corrected chi connectivity index (χ1v) is 7.57.